The molecule has 0 heterocycles. The molecule has 0 nitrogen and oxygen atoms in total. The van der Waals surface area contributed by atoms with Crippen molar-refractivity contribution in [3.63, 3.8) is 0 Å². The third-order valence-corrected chi connectivity index (χ3v) is 2.07. The summed E-state index contributed by atoms with van der Waals surface area (Å²) in [6, 6.07) is 1.83. The lowest BCUT2D eigenvalue weighted by molar-refractivity contribution is 0.442. The Hall–Kier alpha value is -1.43. The Morgan fingerprint density at radius 2 is 1.57 bits per heavy atom. The van der Waals surface area contributed by atoms with E-state index in [1.165, 1.54) is 0 Å². The summed E-state index contributed by atoms with van der Waals surface area (Å²) in [5.41, 5.74) is -0.563. The fourth-order valence-corrected chi connectivity index (χ4v) is 1.000. The molecule has 0 aromatic heterocycles. The normalized spacial score (nSPS) is 11.1. The summed E-state index contributed by atoms with van der Waals surface area (Å²) >= 11 is 0. The van der Waals surface area contributed by atoms with Crippen molar-refractivity contribution in [1.82, 2.24) is 0 Å². The van der Waals surface area contributed by atoms with Crippen molar-refractivity contribution in [2.45, 2.75) is 19.3 Å². The van der Waals surface area contributed by atoms with Crippen LogP contribution in [0.15, 0.2) is 12.1 Å². The number of hydrogen-bond donors (Lipinski definition) is 0. The smallest absolute Gasteiger partial charge is 0.194 e. The monoisotopic (exact) mass is 198 g/mol. The van der Waals surface area contributed by atoms with Gasteiger partial charge >= 0.3 is 0 Å². The molecule has 14 heavy (non-hydrogen) atoms. The molecule has 0 unspecified atom stereocenters. The molecule has 0 aliphatic heterocycles. The summed E-state index contributed by atoms with van der Waals surface area (Å²) in [5.74, 6) is -1.53. The SMILES string of the molecule is C#CC(C)(C)c1cc(F)c(F)c(F)c1. The van der Waals surface area contributed by atoms with Gasteiger partial charge in [-0.2, -0.15) is 0 Å². The molecule has 0 radical (unpaired) electrons. The second kappa shape index (κ2) is 3.38. The molecule has 0 spiro atoms. The van der Waals surface area contributed by atoms with Gasteiger partial charge in [0, 0.05) is 0 Å². The minimum absolute atomic E-state index is 0.247. The average Bonchev–Trinajstić information content (AvgIpc) is 2.13. The predicted octanol–water partition coefficient (Wildman–Crippen LogP) is 3.01. The minimum atomic E-state index is -1.47. The lowest BCUT2D eigenvalue weighted by Crippen LogP contribution is -2.15. The fraction of sp³-hybridized carbons (Fsp3) is 0.273. The Balaban J connectivity index is 3.35. The summed E-state index contributed by atoms with van der Waals surface area (Å²) in [5, 5.41) is 0. The molecule has 0 bridgehead atoms. The van der Waals surface area contributed by atoms with Gasteiger partial charge in [0.2, 0.25) is 0 Å². The van der Waals surface area contributed by atoms with Crippen LogP contribution in [0.1, 0.15) is 19.4 Å². The second-order valence-corrected chi connectivity index (χ2v) is 3.52. The van der Waals surface area contributed by atoms with Crippen molar-refractivity contribution in [3.8, 4) is 12.3 Å². The Labute approximate surface area is 80.8 Å². The summed E-state index contributed by atoms with van der Waals surface area (Å²) < 4.78 is 38.2. The molecule has 0 fully saturated rings. The van der Waals surface area contributed by atoms with Crippen LogP contribution in [0, 0.1) is 29.8 Å². The molecule has 1 aromatic rings. The van der Waals surface area contributed by atoms with Crippen LogP contribution in [-0.2, 0) is 5.41 Å². The van der Waals surface area contributed by atoms with E-state index in [1.54, 1.807) is 13.8 Å². The van der Waals surface area contributed by atoms with Crippen molar-refractivity contribution in [3.05, 3.63) is 35.1 Å². The molecule has 0 N–H and O–H groups in total. The number of hydrogen-bond acceptors (Lipinski definition) is 0. The lowest BCUT2D eigenvalue weighted by Gasteiger charge is -2.18. The summed E-state index contributed by atoms with van der Waals surface area (Å²) in [6.45, 7) is 3.25. The number of terminal acetylenes is 1. The van der Waals surface area contributed by atoms with E-state index in [1.807, 2.05) is 0 Å². The average molecular weight is 198 g/mol. The molecule has 3 heteroatoms. The van der Waals surface area contributed by atoms with Gasteiger partial charge in [0.15, 0.2) is 17.5 Å². The van der Waals surface area contributed by atoms with Gasteiger partial charge in [-0.3, -0.25) is 0 Å². The topological polar surface area (TPSA) is 0 Å². The van der Waals surface area contributed by atoms with Crippen molar-refractivity contribution in [2.75, 3.05) is 0 Å². The summed E-state index contributed by atoms with van der Waals surface area (Å²) in [6.07, 6.45) is 5.19. The van der Waals surface area contributed by atoms with Crippen LogP contribution in [0.4, 0.5) is 13.2 Å². The number of rotatable bonds is 1. The maximum Gasteiger partial charge on any atom is 0.194 e. The molecule has 0 aliphatic rings. The molecule has 0 saturated carbocycles. The third-order valence-electron chi connectivity index (χ3n) is 2.07. The van der Waals surface area contributed by atoms with Crippen molar-refractivity contribution < 1.29 is 13.2 Å². The maximum absolute atomic E-state index is 12.8. The highest BCUT2D eigenvalue weighted by molar-refractivity contribution is 5.33. The molecule has 1 aromatic carbocycles. The van der Waals surface area contributed by atoms with Crippen molar-refractivity contribution >= 4 is 0 Å². The van der Waals surface area contributed by atoms with Gasteiger partial charge < -0.3 is 0 Å². The minimum Gasteiger partial charge on any atom is -0.204 e. The number of benzene rings is 1. The quantitative estimate of drug-likeness (QED) is 0.480. The van der Waals surface area contributed by atoms with Crippen LogP contribution in [0.2, 0.25) is 0 Å². The van der Waals surface area contributed by atoms with E-state index in [0.717, 1.165) is 12.1 Å². The zero-order valence-corrected chi connectivity index (χ0v) is 7.87. The van der Waals surface area contributed by atoms with Crippen LogP contribution in [-0.4, -0.2) is 0 Å². The highest BCUT2D eigenvalue weighted by atomic mass is 19.2. The Kier molecular flexibility index (Phi) is 2.57. The highest BCUT2D eigenvalue weighted by Gasteiger charge is 2.21. The number of halogens is 3. The van der Waals surface area contributed by atoms with Gasteiger partial charge in [-0.25, -0.2) is 13.2 Å². The zero-order chi connectivity index (χ0) is 10.9. The lowest BCUT2D eigenvalue weighted by atomic mass is 9.85. The van der Waals surface area contributed by atoms with E-state index in [9.17, 15) is 13.2 Å². The van der Waals surface area contributed by atoms with Crippen LogP contribution >= 0.6 is 0 Å². The predicted molar refractivity (Wildman–Crippen MR) is 48.2 cm³/mol. The van der Waals surface area contributed by atoms with Crippen LogP contribution < -0.4 is 0 Å². The molecule has 0 atom stereocenters. The molecule has 0 aliphatic carbocycles. The van der Waals surface area contributed by atoms with Gasteiger partial charge in [0.25, 0.3) is 0 Å². The Bertz CT molecular complexity index is 376. The second-order valence-electron chi connectivity index (χ2n) is 3.52. The van der Waals surface area contributed by atoms with Gasteiger partial charge in [-0.1, -0.05) is 5.92 Å². The van der Waals surface area contributed by atoms with Crippen LogP contribution in [0.25, 0.3) is 0 Å². The molecule has 1 rings (SSSR count). The molecule has 0 amide bonds. The highest BCUT2D eigenvalue weighted by Crippen LogP contribution is 2.25. The largest absolute Gasteiger partial charge is 0.204 e. The standard InChI is InChI=1S/C11H9F3/c1-4-11(2,3)7-5-8(12)10(14)9(13)6-7/h1,5-6H,2-3H3. The molecular weight excluding hydrogens is 189 g/mol. The van der Waals surface area contributed by atoms with E-state index in [4.69, 9.17) is 6.42 Å². The van der Waals surface area contributed by atoms with Crippen LogP contribution in [0.5, 0.6) is 0 Å². The molecule has 74 valence electrons. The van der Waals surface area contributed by atoms with E-state index >= 15 is 0 Å². The Morgan fingerprint density at radius 1 is 1.14 bits per heavy atom. The first-order valence-corrected chi connectivity index (χ1v) is 4.01. The summed E-state index contributed by atoms with van der Waals surface area (Å²) in [7, 11) is 0. The van der Waals surface area contributed by atoms with E-state index in [2.05, 4.69) is 5.92 Å². The first kappa shape index (κ1) is 10.6. The van der Waals surface area contributed by atoms with Gasteiger partial charge in [-0.15, -0.1) is 6.42 Å². The van der Waals surface area contributed by atoms with Gasteiger partial charge in [-0.05, 0) is 31.5 Å². The van der Waals surface area contributed by atoms with Gasteiger partial charge in [0.1, 0.15) is 0 Å². The molecule has 0 saturated heterocycles. The molecular formula is C11H9F3. The maximum atomic E-state index is 12.8. The van der Waals surface area contributed by atoms with Crippen molar-refractivity contribution in [2.24, 2.45) is 0 Å². The van der Waals surface area contributed by atoms with E-state index in [-0.39, 0.29) is 5.56 Å². The Morgan fingerprint density at radius 3 is 1.93 bits per heavy atom. The third kappa shape index (κ3) is 1.74. The van der Waals surface area contributed by atoms with E-state index < -0.39 is 22.9 Å². The first-order chi connectivity index (χ1) is 6.38. The van der Waals surface area contributed by atoms with E-state index in [0.29, 0.717) is 0 Å². The first-order valence-electron chi connectivity index (χ1n) is 4.01. The zero-order valence-electron chi connectivity index (χ0n) is 7.87. The van der Waals surface area contributed by atoms with Crippen LogP contribution in [0.3, 0.4) is 0 Å². The summed E-state index contributed by atoms with van der Waals surface area (Å²) in [4.78, 5) is 0. The van der Waals surface area contributed by atoms with Crippen molar-refractivity contribution in [1.29, 1.82) is 0 Å². The van der Waals surface area contributed by atoms with Gasteiger partial charge in [0.05, 0.1) is 5.41 Å². The fourth-order valence-electron chi connectivity index (χ4n) is 1.000.